The van der Waals surface area contributed by atoms with E-state index in [1.54, 1.807) is 25.1 Å². The molecule has 0 bridgehead atoms. The molecule has 3 nitrogen and oxygen atoms in total. The van der Waals surface area contributed by atoms with E-state index in [9.17, 15) is 9.59 Å². The number of para-hydroxylation sites is 1. The molecule has 0 saturated carbocycles. The van der Waals surface area contributed by atoms with Gasteiger partial charge in [0.1, 0.15) is 0 Å². The van der Waals surface area contributed by atoms with Gasteiger partial charge < -0.3 is 0 Å². The van der Waals surface area contributed by atoms with Gasteiger partial charge in [0, 0.05) is 21.7 Å². The van der Waals surface area contributed by atoms with Gasteiger partial charge in [-0.05, 0) is 31.2 Å². The fraction of sp³-hybridized carbons (Fsp3) is 0.0588. The zero-order chi connectivity index (χ0) is 15.9. The molecule has 0 radical (unpaired) electrons. The van der Waals surface area contributed by atoms with Crippen molar-refractivity contribution in [1.82, 2.24) is 4.57 Å². The van der Waals surface area contributed by atoms with Crippen LogP contribution in [0.1, 0.15) is 26.4 Å². The van der Waals surface area contributed by atoms with Gasteiger partial charge in [0.2, 0.25) is 0 Å². The van der Waals surface area contributed by atoms with E-state index in [1.807, 2.05) is 18.2 Å². The van der Waals surface area contributed by atoms with Crippen LogP contribution in [-0.4, -0.2) is 16.8 Å². The lowest BCUT2D eigenvalue weighted by atomic mass is 10.1. The highest BCUT2D eigenvalue weighted by Crippen LogP contribution is 2.28. The fourth-order valence-electron chi connectivity index (χ4n) is 2.59. The van der Waals surface area contributed by atoms with Crippen LogP contribution >= 0.6 is 23.2 Å². The molecule has 22 heavy (non-hydrogen) atoms. The van der Waals surface area contributed by atoms with Crippen LogP contribution in [0.5, 0.6) is 0 Å². The Bertz CT molecular complexity index is 912. The number of carbonyl (C=O) groups excluding carboxylic acids is 2. The third-order valence-corrected chi connectivity index (χ3v) is 4.19. The first kappa shape index (κ1) is 14.8. The molecule has 2 aromatic carbocycles. The number of benzene rings is 2. The second-order valence-corrected chi connectivity index (χ2v) is 5.74. The molecule has 3 aromatic rings. The summed E-state index contributed by atoms with van der Waals surface area (Å²) in [7, 11) is 0. The molecule has 110 valence electrons. The minimum absolute atomic E-state index is 0.280. The fourth-order valence-corrected chi connectivity index (χ4v) is 3.08. The van der Waals surface area contributed by atoms with Crippen LogP contribution in [0.15, 0.2) is 42.5 Å². The second kappa shape index (κ2) is 5.59. The predicted molar refractivity (Wildman–Crippen MR) is 88.3 cm³/mol. The number of rotatable bonds is 2. The molecule has 5 heteroatoms. The average Bonchev–Trinajstić information content (AvgIpc) is 2.78. The summed E-state index contributed by atoms with van der Waals surface area (Å²) in [5.74, 6) is -0.288. The van der Waals surface area contributed by atoms with Crippen molar-refractivity contribution in [3.8, 4) is 0 Å². The molecule has 0 aliphatic rings. The Hall–Kier alpha value is -2.10. The lowest BCUT2D eigenvalue weighted by molar-refractivity contribution is 0.0963. The van der Waals surface area contributed by atoms with E-state index in [0.717, 1.165) is 11.7 Å². The molecule has 0 fully saturated rings. The quantitative estimate of drug-likeness (QED) is 0.635. The van der Waals surface area contributed by atoms with Crippen LogP contribution in [0.25, 0.3) is 10.9 Å². The van der Waals surface area contributed by atoms with Gasteiger partial charge in [-0.3, -0.25) is 14.2 Å². The lowest BCUT2D eigenvalue weighted by Gasteiger charge is -2.09. The molecule has 0 N–H and O–H groups in total. The maximum absolute atomic E-state index is 12.9. The number of aromatic nitrogens is 1. The third-order valence-electron chi connectivity index (χ3n) is 3.64. The number of fused-ring (bicyclic) bond motifs is 1. The van der Waals surface area contributed by atoms with Crippen LogP contribution in [0.3, 0.4) is 0 Å². The molecule has 0 atom stereocenters. The minimum Gasteiger partial charge on any atom is -0.298 e. The van der Waals surface area contributed by atoms with Gasteiger partial charge in [0.05, 0.1) is 16.1 Å². The molecule has 0 aliphatic heterocycles. The summed E-state index contributed by atoms with van der Waals surface area (Å²) < 4.78 is 1.51. The van der Waals surface area contributed by atoms with Gasteiger partial charge in [0.15, 0.2) is 6.29 Å². The highest BCUT2D eigenvalue weighted by atomic mass is 35.5. The van der Waals surface area contributed by atoms with Crippen molar-refractivity contribution >= 4 is 46.3 Å². The van der Waals surface area contributed by atoms with Crippen molar-refractivity contribution < 1.29 is 9.59 Å². The number of hydrogen-bond acceptors (Lipinski definition) is 2. The summed E-state index contributed by atoms with van der Waals surface area (Å²) in [5.41, 5.74) is 2.12. The Labute approximate surface area is 137 Å². The molecule has 0 unspecified atom stereocenters. The molecule has 0 spiro atoms. The summed E-state index contributed by atoms with van der Waals surface area (Å²) in [5, 5.41) is 1.49. The van der Waals surface area contributed by atoms with Crippen molar-refractivity contribution in [3.63, 3.8) is 0 Å². The van der Waals surface area contributed by atoms with Gasteiger partial charge in [-0.1, -0.05) is 41.4 Å². The number of nitrogens with zero attached hydrogens (tertiary/aromatic N) is 1. The van der Waals surface area contributed by atoms with E-state index in [-0.39, 0.29) is 10.9 Å². The smallest absolute Gasteiger partial charge is 0.264 e. The number of halogens is 2. The van der Waals surface area contributed by atoms with Crippen molar-refractivity contribution in [1.29, 1.82) is 0 Å². The SMILES string of the molecule is Cc1c(C=O)c2ccccc2n1C(=O)c1ccc(Cl)cc1Cl. The molecular weight excluding hydrogens is 321 g/mol. The van der Waals surface area contributed by atoms with Gasteiger partial charge >= 0.3 is 0 Å². The minimum atomic E-state index is -0.288. The molecule has 1 heterocycles. The Morgan fingerprint density at radius 2 is 1.86 bits per heavy atom. The first-order valence-corrected chi connectivity index (χ1v) is 7.35. The summed E-state index contributed by atoms with van der Waals surface area (Å²) in [4.78, 5) is 24.2. The summed E-state index contributed by atoms with van der Waals surface area (Å²) in [6.07, 6.45) is 0.769. The van der Waals surface area contributed by atoms with Gasteiger partial charge in [0.25, 0.3) is 5.91 Å². The van der Waals surface area contributed by atoms with Gasteiger partial charge in [-0.15, -0.1) is 0 Å². The number of aldehydes is 1. The molecule has 1 aromatic heterocycles. The first-order chi connectivity index (χ1) is 10.5. The average molecular weight is 332 g/mol. The van der Waals surface area contributed by atoms with Gasteiger partial charge in [-0.25, -0.2) is 0 Å². The molecule has 0 saturated heterocycles. The Balaban J connectivity index is 2.28. The van der Waals surface area contributed by atoms with Crippen molar-refractivity contribution in [3.05, 3.63) is 69.3 Å². The largest absolute Gasteiger partial charge is 0.298 e. The monoisotopic (exact) mass is 331 g/mol. The normalized spacial score (nSPS) is 10.9. The van der Waals surface area contributed by atoms with E-state index in [1.165, 1.54) is 10.6 Å². The maximum Gasteiger partial charge on any atom is 0.264 e. The number of carbonyl (C=O) groups is 2. The summed E-state index contributed by atoms with van der Waals surface area (Å²) >= 11 is 12.0. The van der Waals surface area contributed by atoms with Crippen LogP contribution in [0.4, 0.5) is 0 Å². The van der Waals surface area contributed by atoms with Gasteiger partial charge in [-0.2, -0.15) is 0 Å². The molecule has 0 aliphatic carbocycles. The topological polar surface area (TPSA) is 39.1 Å². The standard InChI is InChI=1S/C17H11Cl2NO2/c1-10-14(9-21)12-4-2-3-5-16(12)20(10)17(22)13-7-6-11(18)8-15(13)19/h2-9H,1H3. The summed E-state index contributed by atoms with van der Waals surface area (Å²) in [6.45, 7) is 1.74. The van der Waals surface area contributed by atoms with Crippen LogP contribution < -0.4 is 0 Å². The van der Waals surface area contributed by atoms with E-state index >= 15 is 0 Å². The molecule has 0 amide bonds. The van der Waals surface area contributed by atoms with E-state index < -0.39 is 0 Å². The predicted octanol–water partition coefficient (Wildman–Crippen LogP) is 4.76. The highest BCUT2D eigenvalue weighted by molar-refractivity contribution is 6.37. The van der Waals surface area contributed by atoms with E-state index in [4.69, 9.17) is 23.2 Å². The van der Waals surface area contributed by atoms with Crippen molar-refractivity contribution in [2.45, 2.75) is 6.92 Å². The van der Waals surface area contributed by atoms with E-state index in [2.05, 4.69) is 0 Å². The van der Waals surface area contributed by atoms with Crippen LogP contribution in [0.2, 0.25) is 10.0 Å². The summed E-state index contributed by atoms with van der Waals surface area (Å²) in [6, 6.07) is 12.0. The number of hydrogen-bond donors (Lipinski definition) is 0. The van der Waals surface area contributed by atoms with Crippen molar-refractivity contribution in [2.24, 2.45) is 0 Å². The lowest BCUT2D eigenvalue weighted by Crippen LogP contribution is -2.14. The van der Waals surface area contributed by atoms with Crippen LogP contribution in [-0.2, 0) is 0 Å². The zero-order valence-corrected chi connectivity index (χ0v) is 13.2. The van der Waals surface area contributed by atoms with Crippen molar-refractivity contribution in [2.75, 3.05) is 0 Å². The zero-order valence-electron chi connectivity index (χ0n) is 11.6. The second-order valence-electron chi connectivity index (χ2n) is 4.90. The van der Waals surface area contributed by atoms with E-state index in [0.29, 0.717) is 27.4 Å². The van der Waals surface area contributed by atoms with Crippen LogP contribution in [0, 0.1) is 6.92 Å². The Morgan fingerprint density at radius 3 is 2.55 bits per heavy atom. The first-order valence-electron chi connectivity index (χ1n) is 6.59. The molecule has 3 rings (SSSR count). The highest BCUT2D eigenvalue weighted by Gasteiger charge is 2.20. The maximum atomic E-state index is 12.9. The Kier molecular flexibility index (Phi) is 3.77. The third kappa shape index (κ3) is 2.23. The molecular formula is C17H11Cl2NO2. The Morgan fingerprint density at radius 1 is 1.14 bits per heavy atom.